The summed E-state index contributed by atoms with van der Waals surface area (Å²) in [7, 11) is 2.05. The predicted octanol–water partition coefficient (Wildman–Crippen LogP) is 1.81. The molecule has 0 spiro atoms. The Hall–Kier alpha value is -0.300. The van der Waals surface area contributed by atoms with Crippen molar-refractivity contribution in [2.24, 2.45) is 11.8 Å². The van der Waals surface area contributed by atoms with Gasteiger partial charge in [-0.25, -0.2) is 0 Å². The molecule has 0 aliphatic heterocycles. The molecule has 0 saturated carbocycles. The van der Waals surface area contributed by atoms with Gasteiger partial charge in [0.25, 0.3) is 0 Å². The van der Waals surface area contributed by atoms with E-state index in [4.69, 9.17) is 0 Å². The van der Waals surface area contributed by atoms with E-state index in [1.807, 2.05) is 0 Å². The quantitative estimate of drug-likeness (QED) is 0.546. The molecule has 0 aromatic rings. The average Bonchev–Trinajstić information content (AvgIpc) is 1.88. The Bertz CT molecular complexity index is 129. The third-order valence-electron chi connectivity index (χ3n) is 2.46. The molecule has 0 saturated heterocycles. The summed E-state index contributed by atoms with van der Waals surface area (Å²) in [6.45, 7) is 4.58. The van der Waals surface area contributed by atoms with Crippen molar-refractivity contribution in [2.75, 3.05) is 7.05 Å². The lowest BCUT2D eigenvalue weighted by Crippen LogP contribution is -2.38. The third kappa shape index (κ3) is 1.40. The van der Waals surface area contributed by atoms with Crippen molar-refractivity contribution in [2.45, 2.75) is 26.3 Å². The Morgan fingerprint density at radius 1 is 1.40 bits per heavy atom. The first-order chi connectivity index (χ1) is 4.75. The summed E-state index contributed by atoms with van der Waals surface area (Å²) in [5.41, 5.74) is 0. The molecular formula is C9H17N. The second kappa shape index (κ2) is 3.20. The van der Waals surface area contributed by atoms with Crippen LogP contribution in [0.1, 0.15) is 20.3 Å². The third-order valence-corrected chi connectivity index (χ3v) is 2.46. The lowest BCUT2D eigenvalue weighted by Gasteiger charge is -2.30. The summed E-state index contributed by atoms with van der Waals surface area (Å²) < 4.78 is 0. The van der Waals surface area contributed by atoms with Gasteiger partial charge in [-0.2, -0.15) is 0 Å². The van der Waals surface area contributed by atoms with Gasteiger partial charge in [-0.15, -0.1) is 0 Å². The molecule has 0 fully saturated rings. The molecule has 1 aliphatic rings. The van der Waals surface area contributed by atoms with E-state index in [-0.39, 0.29) is 0 Å². The monoisotopic (exact) mass is 139 g/mol. The zero-order chi connectivity index (χ0) is 7.56. The lowest BCUT2D eigenvalue weighted by molar-refractivity contribution is 0.324. The van der Waals surface area contributed by atoms with Crippen molar-refractivity contribution in [1.82, 2.24) is 5.32 Å². The van der Waals surface area contributed by atoms with E-state index in [0.717, 1.165) is 5.92 Å². The molecule has 1 heteroatoms. The molecule has 1 rings (SSSR count). The van der Waals surface area contributed by atoms with Crippen LogP contribution in [0.25, 0.3) is 0 Å². The topological polar surface area (TPSA) is 12.0 Å². The van der Waals surface area contributed by atoms with Crippen LogP contribution in [0.5, 0.6) is 0 Å². The second-order valence-electron chi connectivity index (χ2n) is 3.31. The summed E-state index contributed by atoms with van der Waals surface area (Å²) in [5, 5.41) is 3.35. The number of hydrogen-bond acceptors (Lipinski definition) is 1. The van der Waals surface area contributed by atoms with E-state index in [1.54, 1.807) is 0 Å². The van der Waals surface area contributed by atoms with Gasteiger partial charge in [0.15, 0.2) is 0 Å². The van der Waals surface area contributed by atoms with Crippen LogP contribution in [0, 0.1) is 11.8 Å². The molecule has 58 valence electrons. The molecule has 1 nitrogen and oxygen atoms in total. The van der Waals surface area contributed by atoms with Gasteiger partial charge in [0.2, 0.25) is 0 Å². The van der Waals surface area contributed by atoms with E-state index < -0.39 is 0 Å². The summed E-state index contributed by atoms with van der Waals surface area (Å²) in [6, 6.07) is 0.685. The van der Waals surface area contributed by atoms with Crippen LogP contribution >= 0.6 is 0 Å². The van der Waals surface area contributed by atoms with Gasteiger partial charge in [-0.05, 0) is 25.3 Å². The Morgan fingerprint density at radius 3 is 2.50 bits per heavy atom. The molecule has 3 unspecified atom stereocenters. The van der Waals surface area contributed by atoms with Crippen molar-refractivity contribution in [3.05, 3.63) is 12.2 Å². The van der Waals surface area contributed by atoms with Gasteiger partial charge in [0.05, 0.1) is 0 Å². The average molecular weight is 139 g/mol. The van der Waals surface area contributed by atoms with Gasteiger partial charge in [0.1, 0.15) is 0 Å². The molecule has 0 radical (unpaired) electrons. The Morgan fingerprint density at radius 2 is 2.10 bits per heavy atom. The van der Waals surface area contributed by atoms with Crippen molar-refractivity contribution in [1.29, 1.82) is 0 Å². The van der Waals surface area contributed by atoms with Gasteiger partial charge in [-0.3, -0.25) is 0 Å². The minimum absolute atomic E-state index is 0.685. The fourth-order valence-corrected chi connectivity index (χ4v) is 1.84. The van der Waals surface area contributed by atoms with Crippen LogP contribution in [0.4, 0.5) is 0 Å². The zero-order valence-electron chi connectivity index (χ0n) is 7.09. The van der Waals surface area contributed by atoms with E-state index in [9.17, 15) is 0 Å². The normalized spacial score (nSPS) is 40.1. The Labute approximate surface area is 63.5 Å². The van der Waals surface area contributed by atoms with Crippen molar-refractivity contribution < 1.29 is 0 Å². The molecule has 0 bridgehead atoms. The SMILES string of the molecule is CNC1C(C)C=CCC1C. The zero-order valence-corrected chi connectivity index (χ0v) is 7.09. The molecule has 1 aliphatic carbocycles. The number of rotatable bonds is 1. The maximum atomic E-state index is 3.35. The number of hydrogen-bond donors (Lipinski definition) is 1. The highest BCUT2D eigenvalue weighted by atomic mass is 14.9. The smallest absolute Gasteiger partial charge is 0.0153 e. The summed E-state index contributed by atoms with van der Waals surface area (Å²) >= 11 is 0. The van der Waals surface area contributed by atoms with Crippen LogP contribution in [-0.2, 0) is 0 Å². The molecule has 0 aromatic heterocycles. The summed E-state index contributed by atoms with van der Waals surface area (Å²) in [5.74, 6) is 1.50. The standard InChI is InChI=1S/C9H17N/c1-7-5-4-6-8(2)9(7)10-3/h4-5,7-10H,6H2,1-3H3. The van der Waals surface area contributed by atoms with E-state index in [1.165, 1.54) is 6.42 Å². The summed E-state index contributed by atoms with van der Waals surface area (Å²) in [6.07, 6.45) is 5.83. The maximum Gasteiger partial charge on any atom is 0.0153 e. The molecule has 3 atom stereocenters. The highest BCUT2D eigenvalue weighted by Gasteiger charge is 2.21. The van der Waals surface area contributed by atoms with E-state index >= 15 is 0 Å². The Kier molecular flexibility index (Phi) is 2.50. The molecule has 0 amide bonds. The molecule has 0 aromatic carbocycles. The minimum Gasteiger partial charge on any atom is -0.316 e. The first-order valence-corrected chi connectivity index (χ1v) is 4.09. The lowest BCUT2D eigenvalue weighted by atomic mass is 9.84. The van der Waals surface area contributed by atoms with Gasteiger partial charge in [0, 0.05) is 6.04 Å². The minimum atomic E-state index is 0.685. The first kappa shape index (κ1) is 7.80. The highest BCUT2D eigenvalue weighted by Crippen LogP contribution is 2.22. The van der Waals surface area contributed by atoms with Crippen LogP contribution in [0.2, 0.25) is 0 Å². The molecule has 10 heavy (non-hydrogen) atoms. The molecular weight excluding hydrogens is 122 g/mol. The fourth-order valence-electron chi connectivity index (χ4n) is 1.84. The van der Waals surface area contributed by atoms with Crippen molar-refractivity contribution in [3.63, 3.8) is 0 Å². The largest absolute Gasteiger partial charge is 0.316 e. The fraction of sp³-hybridized carbons (Fsp3) is 0.778. The van der Waals surface area contributed by atoms with E-state index in [0.29, 0.717) is 12.0 Å². The second-order valence-corrected chi connectivity index (χ2v) is 3.31. The van der Waals surface area contributed by atoms with Gasteiger partial charge in [-0.1, -0.05) is 26.0 Å². The molecule has 1 N–H and O–H groups in total. The van der Waals surface area contributed by atoms with E-state index in [2.05, 4.69) is 38.4 Å². The first-order valence-electron chi connectivity index (χ1n) is 4.09. The van der Waals surface area contributed by atoms with Gasteiger partial charge >= 0.3 is 0 Å². The van der Waals surface area contributed by atoms with Crippen LogP contribution in [0.3, 0.4) is 0 Å². The summed E-state index contributed by atoms with van der Waals surface area (Å²) in [4.78, 5) is 0. The van der Waals surface area contributed by atoms with Crippen LogP contribution in [0.15, 0.2) is 12.2 Å². The predicted molar refractivity (Wildman–Crippen MR) is 44.9 cm³/mol. The van der Waals surface area contributed by atoms with Crippen molar-refractivity contribution >= 4 is 0 Å². The van der Waals surface area contributed by atoms with Crippen LogP contribution < -0.4 is 5.32 Å². The Balaban J connectivity index is 2.58. The maximum absolute atomic E-state index is 3.35. The number of nitrogens with one attached hydrogen (secondary N) is 1. The number of allylic oxidation sites excluding steroid dienone is 1. The van der Waals surface area contributed by atoms with Gasteiger partial charge < -0.3 is 5.32 Å². The van der Waals surface area contributed by atoms with Crippen LogP contribution in [-0.4, -0.2) is 13.1 Å². The highest BCUT2D eigenvalue weighted by molar-refractivity contribution is 5.00. The molecule has 0 heterocycles. The van der Waals surface area contributed by atoms with Crippen molar-refractivity contribution in [3.8, 4) is 0 Å².